The van der Waals surface area contributed by atoms with Crippen LogP contribution in [0.5, 0.6) is 0 Å². The van der Waals surface area contributed by atoms with Crippen molar-refractivity contribution in [1.29, 1.82) is 0 Å². The van der Waals surface area contributed by atoms with Crippen molar-refractivity contribution < 1.29 is 9.90 Å². The topological polar surface area (TPSA) is 78.4 Å². The summed E-state index contributed by atoms with van der Waals surface area (Å²) in [6, 6.07) is 1.85. The van der Waals surface area contributed by atoms with Gasteiger partial charge in [-0.15, -0.1) is 0 Å². The molecule has 21 heavy (non-hydrogen) atoms. The van der Waals surface area contributed by atoms with Gasteiger partial charge in [-0.2, -0.15) is 4.98 Å². The van der Waals surface area contributed by atoms with Gasteiger partial charge >= 0.3 is 5.97 Å². The molecule has 1 atom stereocenters. The van der Waals surface area contributed by atoms with E-state index < -0.39 is 5.97 Å². The average Bonchev–Trinajstić information content (AvgIpc) is 2.45. The lowest BCUT2D eigenvalue weighted by Crippen LogP contribution is -2.15. The second kappa shape index (κ2) is 9.15. The van der Waals surface area contributed by atoms with Gasteiger partial charge in [0.25, 0.3) is 0 Å². The number of nitrogens with zero attached hydrogens (tertiary/aromatic N) is 3. The Morgan fingerprint density at radius 1 is 1.38 bits per heavy atom. The zero-order valence-corrected chi connectivity index (χ0v) is 13.2. The Morgan fingerprint density at radius 3 is 2.76 bits per heavy atom. The van der Waals surface area contributed by atoms with Crippen molar-refractivity contribution in [2.75, 3.05) is 30.9 Å². The molecule has 1 aromatic heterocycles. The molecule has 1 unspecified atom stereocenters. The van der Waals surface area contributed by atoms with Gasteiger partial charge in [-0.3, -0.25) is 4.79 Å². The highest BCUT2D eigenvalue weighted by molar-refractivity contribution is 5.66. The van der Waals surface area contributed by atoms with Crippen LogP contribution in [0, 0.1) is 5.92 Å². The molecule has 0 aromatic carbocycles. The summed E-state index contributed by atoms with van der Waals surface area (Å²) in [4.78, 5) is 21.1. The van der Waals surface area contributed by atoms with Crippen LogP contribution in [0.25, 0.3) is 0 Å². The summed E-state index contributed by atoms with van der Waals surface area (Å²) in [7, 11) is 3.81. The smallest absolute Gasteiger partial charge is 0.303 e. The number of carbonyl (C=O) groups is 1. The molecule has 118 valence electrons. The molecule has 0 saturated carbocycles. The fraction of sp³-hybridized carbons (Fsp3) is 0.667. The Balaban J connectivity index is 2.42. The summed E-state index contributed by atoms with van der Waals surface area (Å²) < 4.78 is 0. The first-order chi connectivity index (χ1) is 10.0. The lowest BCUT2D eigenvalue weighted by molar-refractivity contribution is -0.137. The molecule has 6 nitrogen and oxygen atoms in total. The van der Waals surface area contributed by atoms with Gasteiger partial charge in [0.05, 0.1) is 0 Å². The lowest BCUT2D eigenvalue weighted by atomic mass is 9.94. The van der Waals surface area contributed by atoms with Crippen LogP contribution in [0.1, 0.15) is 39.0 Å². The Kier molecular flexibility index (Phi) is 7.50. The standard InChI is InChI=1S/C15H26N4O2/c1-4-5-12(6-7-14(20)21)8-10-16-13-9-11-17-15(18-13)19(2)3/h9,11-12H,4-8,10H2,1-3H3,(H,20,21)(H,16,17,18). The molecule has 6 heteroatoms. The molecule has 0 spiro atoms. The first kappa shape index (κ1) is 17.2. The normalized spacial score (nSPS) is 12.0. The van der Waals surface area contributed by atoms with Crippen LogP contribution >= 0.6 is 0 Å². The van der Waals surface area contributed by atoms with Crippen molar-refractivity contribution in [2.45, 2.75) is 39.0 Å². The number of aliphatic carboxylic acids is 1. The van der Waals surface area contributed by atoms with Gasteiger partial charge in [0, 0.05) is 33.3 Å². The lowest BCUT2D eigenvalue weighted by Gasteiger charge is -2.16. The third kappa shape index (κ3) is 6.92. The van der Waals surface area contributed by atoms with Crippen LogP contribution in [-0.4, -0.2) is 41.7 Å². The largest absolute Gasteiger partial charge is 0.481 e. The molecule has 0 aliphatic rings. The summed E-state index contributed by atoms with van der Waals surface area (Å²) in [5.74, 6) is 1.22. The average molecular weight is 294 g/mol. The van der Waals surface area contributed by atoms with Crippen LogP contribution in [0.4, 0.5) is 11.8 Å². The predicted molar refractivity (Wildman–Crippen MR) is 84.7 cm³/mol. The molecule has 0 fully saturated rings. The van der Waals surface area contributed by atoms with E-state index in [1.807, 2.05) is 25.1 Å². The van der Waals surface area contributed by atoms with Crippen molar-refractivity contribution >= 4 is 17.7 Å². The monoisotopic (exact) mass is 294 g/mol. The summed E-state index contributed by atoms with van der Waals surface area (Å²) in [5, 5.41) is 12.1. The Morgan fingerprint density at radius 2 is 2.14 bits per heavy atom. The number of hydrogen-bond donors (Lipinski definition) is 2. The van der Waals surface area contributed by atoms with E-state index in [-0.39, 0.29) is 6.42 Å². The molecule has 2 N–H and O–H groups in total. The molecule has 0 bridgehead atoms. The van der Waals surface area contributed by atoms with Crippen LogP contribution in [0.15, 0.2) is 12.3 Å². The zero-order chi connectivity index (χ0) is 15.7. The molecule has 1 heterocycles. The van der Waals surface area contributed by atoms with Crippen LogP contribution < -0.4 is 10.2 Å². The number of hydrogen-bond acceptors (Lipinski definition) is 5. The summed E-state index contributed by atoms with van der Waals surface area (Å²) >= 11 is 0. The van der Waals surface area contributed by atoms with E-state index in [2.05, 4.69) is 22.2 Å². The van der Waals surface area contributed by atoms with E-state index in [0.29, 0.717) is 11.9 Å². The quantitative estimate of drug-likeness (QED) is 0.690. The highest BCUT2D eigenvalue weighted by Crippen LogP contribution is 2.18. The number of aromatic nitrogens is 2. The Labute approximate surface area is 126 Å². The third-order valence-electron chi connectivity index (χ3n) is 3.36. The maximum Gasteiger partial charge on any atom is 0.303 e. The van der Waals surface area contributed by atoms with Gasteiger partial charge in [-0.25, -0.2) is 4.98 Å². The SMILES string of the molecule is CCCC(CCNc1ccnc(N(C)C)n1)CCC(=O)O. The van der Waals surface area contributed by atoms with E-state index in [1.165, 1.54) is 0 Å². The van der Waals surface area contributed by atoms with Gasteiger partial charge in [0.1, 0.15) is 5.82 Å². The Bertz CT molecular complexity index is 437. The summed E-state index contributed by atoms with van der Waals surface area (Å²) in [5.41, 5.74) is 0. The van der Waals surface area contributed by atoms with Gasteiger partial charge in [0.2, 0.25) is 5.95 Å². The van der Waals surface area contributed by atoms with Gasteiger partial charge in [-0.05, 0) is 24.8 Å². The second-order valence-electron chi connectivity index (χ2n) is 5.44. The molecule has 1 aromatic rings. The van der Waals surface area contributed by atoms with E-state index in [0.717, 1.165) is 38.0 Å². The minimum atomic E-state index is -0.713. The number of carboxylic acid groups (broad SMARTS) is 1. The molecule has 0 aliphatic carbocycles. The fourth-order valence-corrected chi connectivity index (χ4v) is 2.24. The summed E-state index contributed by atoms with van der Waals surface area (Å²) in [6.45, 7) is 2.93. The minimum Gasteiger partial charge on any atom is -0.481 e. The second-order valence-corrected chi connectivity index (χ2v) is 5.44. The van der Waals surface area contributed by atoms with Gasteiger partial charge in [-0.1, -0.05) is 19.8 Å². The molecule has 0 aliphatic heterocycles. The van der Waals surface area contributed by atoms with Crippen molar-refractivity contribution in [3.8, 4) is 0 Å². The third-order valence-corrected chi connectivity index (χ3v) is 3.36. The molecule has 0 radical (unpaired) electrons. The first-order valence-electron chi connectivity index (χ1n) is 7.49. The fourth-order valence-electron chi connectivity index (χ4n) is 2.24. The van der Waals surface area contributed by atoms with Crippen LogP contribution in [-0.2, 0) is 4.79 Å². The van der Waals surface area contributed by atoms with Crippen molar-refractivity contribution in [3.63, 3.8) is 0 Å². The van der Waals surface area contributed by atoms with Crippen molar-refractivity contribution in [2.24, 2.45) is 5.92 Å². The number of carboxylic acids is 1. The number of anilines is 2. The van der Waals surface area contributed by atoms with E-state index in [4.69, 9.17) is 5.11 Å². The molecule has 1 rings (SSSR count). The van der Waals surface area contributed by atoms with E-state index in [1.54, 1.807) is 6.20 Å². The maximum atomic E-state index is 10.7. The number of rotatable bonds is 10. The maximum absolute atomic E-state index is 10.7. The molecule has 0 amide bonds. The highest BCUT2D eigenvalue weighted by Gasteiger charge is 2.10. The Hall–Kier alpha value is -1.85. The van der Waals surface area contributed by atoms with E-state index >= 15 is 0 Å². The predicted octanol–water partition coefficient (Wildman–Crippen LogP) is 2.63. The molecular weight excluding hydrogens is 268 g/mol. The van der Waals surface area contributed by atoms with Crippen LogP contribution in [0.2, 0.25) is 0 Å². The van der Waals surface area contributed by atoms with Gasteiger partial charge in [0.15, 0.2) is 0 Å². The minimum absolute atomic E-state index is 0.253. The number of nitrogens with one attached hydrogen (secondary N) is 1. The highest BCUT2D eigenvalue weighted by atomic mass is 16.4. The van der Waals surface area contributed by atoms with Crippen molar-refractivity contribution in [1.82, 2.24) is 9.97 Å². The molecule has 0 saturated heterocycles. The summed E-state index contributed by atoms with van der Waals surface area (Å²) in [6.07, 6.45) is 5.85. The van der Waals surface area contributed by atoms with Gasteiger partial charge < -0.3 is 15.3 Å². The van der Waals surface area contributed by atoms with Crippen LogP contribution in [0.3, 0.4) is 0 Å². The van der Waals surface area contributed by atoms with Crippen molar-refractivity contribution in [3.05, 3.63) is 12.3 Å². The van der Waals surface area contributed by atoms with E-state index in [9.17, 15) is 4.79 Å². The molecular formula is C15H26N4O2. The first-order valence-corrected chi connectivity index (χ1v) is 7.49. The zero-order valence-electron chi connectivity index (χ0n) is 13.2.